The van der Waals surface area contributed by atoms with Crippen LogP contribution in [0.3, 0.4) is 0 Å². The third-order valence-electron chi connectivity index (χ3n) is 4.45. The zero-order chi connectivity index (χ0) is 22.5. The van der Waals surface area contributed by atoms with Gasteiger partial charge in [-0.1, -0.05) is 65.2 Å². The van der Waals surface area contributed by atoms with Crippen molar-refractivity contribution in [2.75, 3.05) is 18.1 Å². The van der Waals surface area contributed by atoms with Crippen LogP contribution in [0.15, 0.2) is 18.7 Å². The van der Waals surface area contributed by atoms with E-state index in [1.54, 1.807) is 0 Å². The van der Waals surface area contributed by atoms with Crippen molar-refractivity contribution in [1.29, 1.82) is 0 Å². The highest BCUT2D eigenvalue weighted by Gasteiger charge is 2.10. The first-order valence-corrected chi connectivity index (χ1v) is 12.3. The molecule has 1 rings (SSSR count). The molecule has 174 valence electrons. The second-order valence-electron chi connectivity index (χ2n) is 7.27. The summed E-state index contributed by atoms with van der Waals surface area (Å²) in [6.07, 6.45) is 19.4. The fraction of sp³-hybridized carbons (Fsp3) is 0.773. The fourth-order valence-corrected chi connectivity index (χ4v) is 3.80. The van der Waals surface area contributed by atoms with Gasteiger partial charge in [0.1, 0.15) is 0 Å². The van der Waals surface area contributed by atoms with Crippen LogP contribution in [0.5, 0.6) is 0 Å². The zero-order valence-electron chi connectivity index (χ0n) is 18.6. The van der Waals surface area contributed by atoms with E-state index in [9.17, 15) is 0 Å². The van der Waals surface area contributed by atoms with Crippen LogP contribution in [0.1, 0.15) is 78.1 Å². The number of carboxylic acids is 2. The number of aliphatic carboxylic acids is 2. The maximum absolute atomic E-state index is 9.10. The maximum Gasteiger partial charge on any atom is 0.414 e. The summed E-state index contributed by atoms with van der Waals surface area (Å²) in [5.41, 5.74) is 0. The van der Waals surface area contributed by atoms with E-state index in [4.69, 9.17) is 24.5 Å². The van der Waals surface area contributed by atoms with Crippen LogP contribution in [-0.4, -0.2) is 55.9 Å². The van der Waals surface area contributed by atoms with Gasteiger partial charge in [-0.25, -0.2) is 14.6 Å². The molecule has 0 aliphatic rings. The highest BCUT2D eigenvalue weighted by molar-refractivity contribution is 7.99. The third-order valence-corrected chi connectivity index (χ3v) is 5.64. The molecule has 0 amide bonds. The van der Waals surface area contributed by atoms with Crippen molar-refractivity contribution in [3.63, 3.8) is 0 Å². The van der Waals surface area contributed by atoms with Crippen molar-refractivity contribution in [2.24, 2.45) is 0 Å². The summed E-state index contributed by atoms with van der Waals surface area (Å²) in [6, 6.07) is 0. The lowest BCUT2D eigenvalue weighted by Crippen LogP contribution is -2.23. The third kappa shape index (κ3) is 18.5. The number of thioether (sulfide) groups is 1. The van der Waals surface area contributed by atoms with Crippen LogP contribution in [0, 0.1) is 0 Å². The molecule has 0 fully saturated rings. The second kappa shape index (κ2) is 20.7. The molecule has 0 aliphatic heterocycles. The number of carboxylic acid groups (broad SMARTS) is 2. The van der Waals surface area contributed by atoms with Gasteiger partial charge >= 0.3 is 11.9 Å². The Morgan fingerprint density at radius 1 is 0.967 bits per heavy atom. The summed E-state index contributed by atoms with van der Waals surface area (Å²) in [5.74, 6) is -1.29. The predicted molar refractivity (Wildman–Crippen MR) is 122 cm³/mol. The van der Waals surface area contributed by atoms with E-state index in [0.717, 1.165) is 18.9 Å². The van der Waals surface area contributed by atoms with Crippen molar-refractivity contribution in [1.82, 2.24) is 9.55 Å². The van der Waals surface area contributed by atoms with Crippen LogP contribution in [0.2, 0.25) is 0 Å². The highest BCUT2D eigenvalue weighted by Crippen LogP contribution is 2.13. The molecule has 1 unspecified atom stereocenters. The molecular formula is C22H40N2O5S. The van der Waals surface area contributed by atoms with E-state index >= 15 is 0 Å². The molecule has 0 spiro atoms. The summed E-state index contributed by atoms with van der Waals surface area (Å²) >= 11 is 2.05. The lowest BCUT2D eigenvalue weighted by atomic mass is 10.1. The molecule has 1 aromatic rings. The lowest BCUT2D eigenvalue weighted by molar-refractivity contribution is -0.159. The molecule has 0 aliphatic carbocycles. The monoisotopic (exact) mass is 444 g/mol. The normalized spacial score (nSPS) is 11.5. The minimum atomic E-state index is -1.82. The lowest BCUT2D eigenvalue weighted by Gasteiger charge is -2.18. The van der Waals surface area contributed by atoms with Gasteiger partial charge in [0, 0.05) is 24.8 Å². The summed E-state index contributed by atoms with van der Waals surface area (Å²) in [6.45, 7) is 6.37. The molecule has 0 aromatic carbocycles. The number of rotatable bonds is 17. The van der Waals surface area contributed by atoms with E-state index in [1.807, 2.05) is 30.5 Å². The average Bonchev–Trinajstić information content (AvgIpc) is 3.23. The Morgan fingerprint density at radius 3 is 2.13 bits per heavy atom. The van der Waals surface area contributed by atoms with Gasteiger partial charge in [-0.3, -0.25) is 0 Å². The van der Waals surface area contributed by atoms with E-state index < -0.39 is 11.9 Å². The van der Waals surface area contributed by atoms with Crippen LogP contribution in [-0.2, 0) is 20.9 Å². The quantitative estimate of drug-likeness (QED) is 0.255. The molecule has 1 aromatic heterocycles. The number of imidazole rings is 1. The van der Waals surface area contributed by atoms with Gasteiger partial charge in [-0.15, -0.1) is 0 Å². The smallest absolute Gasteiger partial charge is 0.414 e. The Hall–Kier alpha value is -1.54. The van der Waals surface area contributed by atoms with Crippen LogP contribution >= 0.6 is 11.8 Å². The number of hydrogen-bond donors (Lipinski definition) is 2. The molecule has 8 heteroatoms. The summed E-state index contributed by atoms with van der Waals surface area (Å²) < 4.78 is 8.32. The molecule has 7 nitrogen and oxygen atoms in total. The Morgan fingerprint density at radius 2 is 1.57 bits per heavy atom. The number of unbranched alkanes of at least 4 members (excludes halogenated alkanes) is 8. The molecule has 0 radical (unpaired) electrons. The molecule has 1 atom stereocenters. The Kier molecular flexibility index (Phi) is 19.7. The Labute approximate surface area is 185 Å². The topological polar surface area (TPSA) is 102 Å². The first kappa shape index (κ1) is 28.5. The van der Waals surface area contributed by atoms with Gasteiger partial charge in [0.25, 0.3) is 0 Å². The highest BCUT2D eigenvalue weighted by atomic mass is 32.2. The molecular weight excluding hydrogens is 404 g/mol. The predicted octanol–water partition coefficient (Wildman–Crippen LogP) is 5.10. The average molecular weight is 445 g/mol. The molecule has 0 saturated carbocycles. The number of nitrogens with zero attached hydrogens (tertiary/aromatic N) is 2. The summed E-state index contributed by atoms with van der Waals surface area (Å²) in [5, 5.41) is 14.8. The summed E-state index contributed by atoms with van der Waals surface area (Å²) in [4.78, 5) is 22.3. The van der Waals surface area contributed by atoms with E-state index in [1.165, 1.54) is 70.0 Å². The second-order valence-corrected chi connectivity index (χ2v) is 8.42. The van der Waals surface area contributed by atoms with E-state index in [2.05, 4.69) is 23.4 Å². The number of hydrogen-bond acceptors (Lipinski definition) is 5. The van der Waals surface area contributed by atoms with Crippen molar-refractivity contribution < 1.29 is 24.5 Å². The molecule has 0 saturated heterocycles. The van der Waals surface area contributed by atoms with E-state index in [0.29, 0.717) is 6.10 Å². The molecule has 1 heterocycles. The first-order valence-electron chi connectivity index (χ1n) is 11.1. The van der Waals surface area contributed by atoms with Crippen molar-refractivity contribution in [3.05, 3.63) is 18.7 Å². The summed E-state index contributed by atoms with van der Waals surface area (Å²) in [7, 11) is 0. The van der Waals surface area contributed by atoms with Crippen molar-refractivity contribution >= 4 is 23.7 Å². The molecule has 0 bridgehead atoms. The van der Waals surface area contributed by atoms with Gasteiger partial charge in [-0.2, -0.15) is 11.8 Å². The van der Waals surface area contributed by atoms with Gasteiger partial charge in [0.15, 0.2) is 0 Å². The van der Waals surface area contributed by atoms with E-state index in [-0.39, 0.29) is 0 Å². The standard InChI is InChI=1S/C20H38N2OS.C2H2O4/c1-3-5-7-9-10-11-15-23-20(17-22-14-13-21-19-22)18-24-16-12-8-6-4-2;3-1(4)2(5)6/h13-14,19-20H,3-12,15-18H2,1-2H3;(H,3,4)(H,5,6). The van der Waals surface area contributed by atoms with Gasteiger partial charge < -0.3 is 19.5 Å². The Balaban J connectivity index is 0.00000122. The number of aromatic nitrogens is 2. The van der Waals surface area contributed by atoms with Crippen LogP contribution < -0.4 is 0 Å². The minimum Gasteiger partial charge on any atom is -0.473 e. The Bertz CT molecular complexity index is 514. The zero-order valence-corrected chi connectivity index (χ0v) is 19.4. The largest absolute Gasteiger partial charge is 0.473 e. The van der Waals surface area contributed by atoms with Gasteiger partial charge in [0.05, 0.1) is 19.0 Å². The van der Waals surface area contributed by atoms with Crippen LogP contribution in [0.4, 0.5) is 0 Å². The number of carbonyl (C=O) groups is 2. The molecule has 30 heavy (non-hydrogen) atoms. The minimum absolute atomic E-state index is 0.311. The van der Waals surface area contributed by atoms with Crippen molar-refractivity contribution in [3.8, 4) is 0 Å². The van der Waals surface area contributed by atoms with Gasteiger partial charge in [0.2, 0.25) is 0 Å². The fourth-order valence-electron chi connectivity index (χ4n) is 2.76. The first-order chi connectivity index (χ1) is 14.5. The number of ether oxygens (including phenoxy) is 1. The maximum atomic E-state index is 9.10. The SMILES string of the molecule is CCCCCCCCOC(CSCCCCCC)Cn1ccnc1.O=C(O)C(=O)O. The van der Waals surface area contributed by atoms with Crippen LogP contribution in [0.25, 0.3) is 0 Å². The molecule has 2 N–H and O–H groups in total. The van der Waals surface area contributed by atoms with Gasteiger partial charge in [-0.05, 0) is 18.6 Å². The van der Waals surface area contributed by atoms with Crippen molar-refractivity contribution in [2.45, 2.75) is 90.7 Å².